The van der Waals surface area contributed by atoms with E-state index < -0.39 is 0 Å². The molecule has 0 aromatic rings. The van der Waals surface area contributed by atoms with Crippen LogP contribution in [0.2, 0.25) is 0 Å². The van der Waals surface area contributed by atoms with Crippen LogP contribution in [-0.2, 0) is 0 Å². The SMILES string of the molecule is CCCC1CCCCN1CC1(N)CCCC(C)C1. The minimum Gasteiger partial charge on any atom is -0.324 e. The van der Waals surface area contributed by atoms with E-state index >= 15 is 0 Å². The Morgan fingerprint density at radius 3 is 2.78 bits per heavy atom. The van der Waals surface area contributed by atoms with Crippen LogP contribution in [-0.4, -0.2) is 29.6 Å². The van der Waals surface area contributed by atoms with E-state index in [1.165, 1.54) is 64.3 Å². The first-order valence-electron chi connectivity index (χ1n) is 8.16. The largest absolute Gasteiger partial charge is 0.324 e. The third-order valence-corrected chi connectivity index (χ3v) is 5.02. The summed E-state index contributed by atoms with van der Waals surface area (Å²) in [5.41, 5.74) is 6.81. The fraction of sp³-hybridized carbons (Fsp3) is 1.00. The Morgan fingerprint density at radius 2 is 2.06 bits per heavy atom. The predicted molar refractivity (Wildman–Crippen MR) is 78.7 cm³/mol. The Labute approximate surface area is 113 Å². The summed E-state index contributed by atoms with van der Waals surface area (Å²) in [5, 5.41) is 0. The number of rotatable bonds is 4. The minimum absolute atomic E-state index is 0.112. The molecule has 2 fully saturated rings. The zero-order chi connectivity index (χ0) is 13.0. The first-order chi connectivity index (χ1) is 8.63. The molecule has 106 valence electrons. The lowest BCUT2D eigenvalue weighted by molar-refractivity contribution is 0.0840. The first-order valence-corrected chi connectivity index (χ1v) is 8.16. The van der Waals surface area contributed by atoms with Gasteiger partial charge in [0.25, 0.3) is 0 Å². The van der Waals surface area contributed by atoms with Gasteiger partial charge in [-0.2, -0.15) is 0 Å². The molecule has 0 aromatic carbocycles. The topological polar surface area (TPSA) is 29.3 Å². The molecule has 2 N–H and O–H groups in total. The van der Waals surface area contributed by atoms with Crippen LogP contribution in [0.15, 0.2) is 0 Å². The van der Waals surface area contributed by atoms with Gasteiger partial charge in [-0.25, -0.2) is 0 Å². The summed E-state index contributed by atoms with van der Waals surface area (Å²) < 4.78 is 0. The zero-order valence-corrected chi connectivity index (χ0v) is 12.5. The number of hydrogen-bond donors (Lipinski definition) is 1. The molecule has 2 aliphatic rings. The van der Waals surface area contributed by atoms with E-state index in [4.69, 9.17) is 5.73 Å². The fourth-order valence-electron chi connectivity index (χ4n) is 4.18. The third-order valence-electron chi connectivity index (χ3n) is 5.02. The summed E-state index contributed by atoms with van der Waals surface area (Å²) in [4.78, 5) is 2.73. The van der Waals surface area contributed by atoms with Gasteiger partial charge in [0.1, 0.15) is 0 Å². The van der Waals surface area contributed by atoms with Crippen molar-refractivity contribution in [1.82, 2.24) is 4.90 Å². The van der Waals surface area contributed by atoms with Crippen molar-refractivity contribution in [2.24, 2.45) is 11.7 Å². The third kappa shape index (κ3) is 3.71. The number of piperidine rings is 1. The summed E-state index contributed by atoms with van der Waals surface area (Å²) >= 11 is 0. The molecular weight excluding hydrogens is 220 g/mol. The van der Waals surface area contributed by atoms with Crippen molar-refractivity contribution >= 4 is 0 Å². The lowest BCUT2D eigenvalue weighted by atomic mass is 9.76. The Balaban J connectivity index is 1.92. The molecule has 0 radical (unpaired) electrons. The van der Waals surface area contributed by atoms with Crippen molar-refractivity contribution in [3.63, 3.8) is 0 Å². The van der Waals surface area contributed by atoms with Crippen molar-refractivity contribution in [1.29, 1.82) is 0 Å². The van der Waals surface area contributed by atoms with Crippen LogP contribution < -0.4 is 5.73 Å². The Kier molecular flexibility index (Phi) is 5.08. The maximum absolute atomic E-state index is 6.70. The lowest BCUT2D eigenvalue weighted by Gasteiger charge is -2.44. The molecule has 1 saturated heterocycles. The van der Waals surface area contributed by atoms with Crippen LogP contribution in [0.1, 0.15) is 71.6 Å². The van der Waals surface area contributed by atoms with Gasteiger partial charge >= 0.3 is 0 Å². The van der Waals surface area contributed by atoms with Crippen LogP contribution in [0, 0.1) is 5.92 Å². The highest BCUT2D eigenvalue weighted by Crippen LogP contribution is 2.33. The number of likely N-dealkylation sites (tertiary alicyclic amines) is 1. The monoisotopic (exact) mass is 252 g/mol. The van der Waals surface area contributed by atoms with Crippen molar-refractivity contribution < 1.29 is 0 Å². The van der Waals surface area contributed by atoms with Crippen molar-refractivity contribution in [2.45, 2.75) is 83.2 Å². The van der Waals surface area contributed by atoms with Gasteiger partial charge in [0, 0.05) is 18.1 Å². The number of nitrogens with two attached hydrogens (primary N) is 1. The minimum atomic E-state index is 0.112. The van der Waals surface area contributed by atoms with E-state index in [1.54, 1.807) is 0 Å². The molecule has 1 aliphatic heterocycles. The van der Waals surface area contributed by atoms with Gasteiger partial charge in [0.2, 0.25) is 0 Å². The van der Waals surface area contributed by atoms with E-state index in [9.17, 15) is 0 Å². The highest BCUT2D eigenvalue weighted by atomic mass is 15.2. The molecule has 18 heavy (non-hydrogen) atoms. The molecular formula is C16H32N2. The van der Waals surface area contributed by atoms with Gasteiger partial charge in [-0.1, -0.05) is 39.5 Å². The van der Waals surface area contributed by atoms with Gasteiger partial charge in [-0.05, 0) is 44.6 Å². The lowest BCUT2D eigenvalue weighted by Crippen LogP contribution is -2.55. The standard InChI is InChI=1S/C16H32N2/c1-3-7-15-9-4-5-11-18(15)13-16(17)10-6-8-14(2)12-16/h14-15H,3-13,17H2,1-2H3. The highest BCUT2D eigenvalue weighted by molar-refractivity contribution is 4.94. The number of hydrogen-bond acceptors (Lipinski definition) is 2. The van der Waals surface area contributed by atoms with Crippen LogP contribution in [0.3, 0.4) is 0 Å². The fourth-order valence-corrected chi connectivity index (χ4v) is 4.18. The molecule has 0 bridgehead atoms. The van der Waals surface area contributed by atoms with Gasteiger partial charge in [-0.3, -0.25) is 4.90 Å². The molecule has 0 amide bonds. The van der Waals surface area contributed by atoms with E-state index in [2.05, 4.69) is 18.7 Å². The summed E-state index contributed by atoms with van der Waals surface area (Å²) in [6.07, 6.45) is 12.1. The van der Waals surface area contributed by atoms with E-state index in [0.717, 1.165) is 18.5 Å². The summed E-state index contributed by atoms with van der Waals surface area (Å²) in [7, 11) is 0. The molecule has 0 aromatic heterocycles. The van der Waals surface area contributed by atoms with Crippen LogP contribution in [0.5, 0.6) is 0 Å². The molecule has 2 heteroatoms. The normalized spacial score (nSPS) is 38.8. The maximum atomic E-state index is 6.70. The molecule has 0 spiro atoms. The summed E-state index contributed by atoms with van der Waals surface area (Å²) in [6.45, 7) is 7.13. The van der Waals surface area contributed by atoms with Crippen LogP contribution in [0.25, 0.3) is 0 Å². The Bertz CT molecular complexity index is 251. The van der Waals surface area contributed by atoms with Crippen molar-refractivity contribution in [3.8, 4) is 0 Å². The zero-order valence-electron chi connectivity index (χ0n) is 12.5. The molecule has 2 nitrogen and oxygen atoms in total. The quantitative estimate of drug-likeness (QED) is 0.829. The maximum Gasteiger partial charge on any atom is 0.0286 e. The average molecular weight is 252 g/mol. The Morgan fingerprint density at radius 1 is 1.22 bits per heavy atom. The smallest absolute Gasteiger partial charge is 0.0286 e. The second kappa shape index (κ2) is 6.38. The molecule has 1 saturated carbocycles. The van der Waals surface area contributed by atoms with Gasteiger partial charge < -0.3 is 5.73 Å². The molecule has 1 heterocycles. The predicted octanol–water partition coefficient (Wildman–Crippen LogP) is 3.55. The van der Waals surface area contributed by atoms with E-state index in [0.29, 0.717) is 0 Å². The number of nitrogens with zero attached hydrogens (tertiary/aromatic N) is 1. The van der Waals surface area contributed by atoms with Crippen LogP contribution in [0.4, 0.5) is 0 Å². The highest BCUT2D eigenvalue weighted by Gasteiger charge is 2.35. The first kappa shape index (κ1) is 14.3. The van der Waals surface area contributed by atoms with Crippen molar-refractivity contribution in [3.05, 3.63) is 0 Å². The summed E-state index contributed by atoms with van der Waals surface area (Å²) in [6, 6.07) is 0.821. The molecule has 1 aliphatic carbocycles. The van der Waals surface area contributed by atoms with Gasteiger partial charge in [-0.15, -0.1) is 0 Å². The molecule has 2 rings (SSSR count). The molecule has 3 atom stereocenters. The summed E-state index contributed by atoms with van der Waals surface area (Å²) in [5.74, 6) is 0.832. The second-order valence-corrected chi connectivity index (χ2v) is 6.97. The Hall–Kier alpha value is -0.0800. The van der Waals surface area contributed by atoms with Gasteiger partial charge in [0.05, 0.1) is 0 Å². The van der Waals surface area contributed by atoms with E-state index in [1.807, 2.05) is 0 Å². The average Bonchev–Trinajstić information content (AvgIpc) is 2.31. The second-order valence-electron chi connectivity index (χ2n) is 6.97. The van der Waals surface area contributed by atoms with Gasteiger partial charge in [0.15, 0.2) is 0 Å². The van der Waals surface area contributed by atoms with Crippen molar-refractivity contribution in [2.75, 3.05) is 13.1 Å². The van der Waals surface area contributed by atoms with Crippen LogP contribution >= 0.6 is 0 Å². The molecule has 3 unspecified atom stereocenters. The van der Waals surface area contributed by atoms with E-state index in [-0.39, 0.29) is 5.54 Å².